The van der Waals surface area contributed by atoms with Gasteiger partial charge in [0.05, 0.1) is 0 Å². The van der Waals surface area contributed by atoms with E-state index in [-0.39, 0.29) is 0 Å². The number of nitrogens with zero attached hydrogens (tertiary/aromatic N) is 1. The second-order valence-corrected chi connectivity index (χ2v) is 6.51. The lowest BCUT2D eigenvalue weighted by molar-refractivity contribution is 0.866. The third-order valence-corrected chi connectivity index (χ3v) is 4.67. The van der Waals surface area contributed by atoms with Crippen LogP contribution in [0.25, 0.3) is 21.8 Å². The smallest absolute Gasteiger partial charge is 0.0494 e. The van der Waals surface area contributed by atoms with Crippen molar-refractivity contribution in [2.75, 3.05) is 0 Å². The lowest BCUT2D eigenvalue weighted by atomic mass is 10.1. The fourth-order valence-electron chi connectivity index (χ4n) is 3.24. The summed E-state index contributed by atoms with van der Waals surface area (Å²) in [6, 6.07) is 17.2. The van der Waals surface area contributed by atoms with E-state index >= 15 is 0 Å². The van der Waals surface area contributed by atoms with Crippen LogP contribution >= 0.6 is 0 Å². The Kier molecular flexibility index (Phi) is 5.38. The minimum absolute atomic E-state index is 0.756. The standard InChI is InChI=1S/C25H25N/c1-5-19(3)17-20(4)15-16-21(6-2)18-26-24-13-9-7-11-22(24)23-12-8-10-14-25(23)26/h5-16H,1,3-4,17-18H2,2H3/b16-15-,21-6+. The highest BCUT2D eigenvalue weighted by molar-refractivity contribution is 6.08. The summed E-state index contributed by atoms with van der Waals surface area (Å²) in [7, 11) is 0. The van der Waals surface area contributed by atoms with Crippen molar-refractivity contribution in [2.24, 2.45) is 0 Å². The highest BCUT2D eigenvalue weighted by Crippen LogP contribution is 2.29. The molecule has 0 spiro atoms. The van der Waals surface area contributed by atoms with Crippen molar-refractivity contribution in [3.05, 3.63) is 109 Å². The van der Waals surface area contributed by atoms with Crippen molar-refractivity contribution >= 4 is 21.8 Å². The number of hydrogen-bond acceptors (Lipinski definition) is 0. The van der Waals surface area contributed by atoms with Crippen molar-refractivity contribution in [3.63, 3.8) is 0 Å². The number of para-hydroxylation sites is 2. The van der Waals surface area contributed by atoms with Gasteiger partial charge in [-0.05, 0) is 31.1 Å². The predicted octanol–water partition coefficient (Wildman–Crippen LogP) is 6.99. The number of allylic oxidation sites excluding steroid dienone is 7. The van der Waals surface area contributed by atoms with Crippen LogP contribution in [0, 0.1) is 0 Å². The molecule has 26 heavy (non-hydrogen) atoms. The van der Waals surface area contributed by atoms with Gasteiger partial charge in [0.25, 0.3) is 0 Å². The third-order valence-electron chi connectivity index (χ3n) is 4.67. The fourth-order valence-corrected chi connectivity index (χ4v) is 3.24. The molecule has 0 N–H and O–H groups in total. The number of fused-ring (bicyclic) bond motifs is 3. The molecule has 0 atom stereocenters. The molecular formula is C25H25N. The number of benzene rings is 2. The Bertz CT molecular complexity index is 987. The summed E-state index contributed by atoms with van der Waals surface area (Å²) in [5, 5.41) is 2.60. The van der Waals surface area contributed by atoms with E-state index in [0.29, 0.717) is 0 Å². The van der Waals surface area contributed by atoms with Crippen molar-refractivity contribution < 1.29 is 0 Å². The average molecular weight is 339 g/mol. The van der Waals surface area contributed by atoms with Crippen LogP contribution in [0.2, 0.25) is 0 Å². The van der Waals surface area contributed by atoms with Crippen LogP contribution in [0.5, 0.6) is 0 Å². The summed E-state index contributed by atoms with van der Waals surface area (Å²) < 4.78 is 2.38. The molecule has 130 valence electrons. The van der Waals surface area contributed by atoms with Crippen LogP contribution in [0.15, 0.2) is 109 Å². The zero-order valence-electron chi connectivity index (χ0n) is 15.4. The quantitative estimate of drug-likeness (QED) is 0.409. The second kappa shape index (κ2) is 7.88. The lowest BCUT2D eigenvalue weighted by Crippen LogP contribution is -1.99. The largest absolute Gasteiger partial charge is 0.336 e. The Balaban J connectivity index is 1.92. The van der Waals surface area contributed by atoms with Crippen molar-refractivity contribution in [2.45, 2.75) is 19.9 Å². The average Bonchev–Trinajstić information content (AvgIpc) is 2.99. The molecule has 2 aromatic carbocycles. The fraction of sp³-hybridized carbons (Fsp3) is 0.120. The molecule has 1 heterocycles. The van der Waals surface area contributed by atoms with E-state index < -0.39 is 0 Å². The molecular weight excluding hydrogens is 314 g/mol. The predicted molar refractivity (Wildman–Crippen MR) is 115 cm³/mol. The first-order chi connectivity index (χ1) is 12.6. The molecule has 1 nitrogen and oxygen atoms in total. The van der Waals surface area contributed by atoms with E-state index in [4.69, 9.17) is 0 Å². The number of aromatic nitrogens is 1. The lowest BCUT2D eigenvalue weighted by Gasteiger charge is -2.09. The van der Waals surface area contributed by atoms with Crippen molar-refractivity contribution in [1.82, 2.24) is 4.57 Å². The summed E-state index contributed by atoms with van der Waals surface area (Å²) in [4.78, 5) is 0. The van der Waals surface area contributed by atoms with Gasteiger partial charge >= 0.3 is 0 Å². The van der Waals surface area contributed by atoms with Crippen LogP contribution in [-0.4, -0.2) is 4.57 Å². The monoisotopic (exact) mass is 339 g/mol. The first kappa shape index (κ1) is 17.8. The van der Waals surface area contributed by atoms with Gasteiger partial charge < -0.3 is 4.57 Å². The van der Waals surface area contributed by atoms with E-state index in [2.05, 4.69) is 98.0 Å². The second-order valence-electron chi connectivity index (χ2n) is 6.51. The summed E-state index contributed by atoms with van der Waals surface area (Å²) in [5.74, 6) is 0. The molecule has 0 amide bonds. The molecule has 0 aliphatic rings. The van der Waals surface area contributed by atoms with E-state index in [1.165, 1.54) is 27.4 Å². The molecule has 1 aromatic heterocycles. The molecule has 0 aliphatic carbocycles. The molecule has 0 bridgehead atoms. The maximum absolute atomic E-state index is 4.12. The van der Waals surface area contributed by atoms with Gasteiger partial charge in [0.1, 0.15) is 0 Å². The maximum Gasteiger partial charge on any atom is 0.0494 e. The van der Waals surface area contributed by atoms with Crippen LogP contribution in [0.4, 0.5) is 0 Å². The highest BCUT2D eigenvalue weighted by atomic mass is 15.0. The van der Waals surface area contributed by atoms with Crippen molar-refractivity contribution in [3.8, 4) is 0 Å². The highest BCUT2D eigenvalue weighted by Gasteiger charge is 2.09. The topological polar surface area (TPSA) is 4.93 Å². The van der Waals surface area contributed by atoms with Crippen LogP contribution in [-0.2, 0) is 6.54 Å². The van der Waals surface area contributed by atoms with E-state index in [0.717, 1.165) is 24.1 Å². The van der Waals surface area contributed by atoms with Crippen molar-refractivity contribution in [1.29, 1.82) is 0 Å². The van der Waals surface area contributed by atoms with Gasteiger partial charge in [-0.2, -0.15) is 0 Å². The number of rotatable bonds is 7. The van der Waals surface area contributed by atoms with Gasteiger partial charge in [0.2, 0.25) is 0 Å². The minimum atomic E-state index is 0.756. The first-order valence-electron chi connectivity index (χ1n) is 8.91. The molecule has 0 fully saturated rings. The molecule has 3 aromatic rings. The molecule has 0 saturated carbocycles. The van der Waals surface area contributed by atoms with Crippen LogP contribution in [0.1, 0.15) is 13.3 Å². The zero-order valence-corrected chi connectivity index (χ0v) is 15.4. The van der Waals surface area contributed by atoms with Crippen LogP contribution in [0.3, 0.4) is 0 Å². The summed E-state index contributed by atoms with van der Waals surface area (Å²) in [5.41, 5.74) is 5.81. The SMILES string of the molecule is C=CC(=C)CC(=C)/C=C\C(=C/C)Cn1c2ccccc2c2ccccc21. The first-order valence-corrected chi connectivity index (χ1v) is 8.91. The Labute approximate surface area is 156 Å². The van der Waals surface area contributed by atoms with E-state index in [1.807, 2.05) is 0 Å². The molecule has 0 unspecified atom stereocenters. The summed E-state index contributed by atoms with van der Waals surface area (Å²) >= 11 is 0. The van der Waals surface area contributed by atoms with Gasteiger partial charge in [0.15, 0.2) is 0 Å². The van der Waals surface area contributed by atoms with Gasteiger partial charge in [-0.3, -0.25) is 0 Å². The van der Waals surface area contributed by atoms with Crippen LogP contribution < -0.4 is 0 Å². The third kappa shape index (κ3) is 3.62. The summed E-state index contributed by atoms with van der Waals surface area (Å²) in [6.45, 7) is 14.7. The normalized spacial score (nSPS) is 12.1. The number of hydrogen-bond donors (Lipinski definition) is 0. The van der Waals surface area contributed by atoms with Gasteiger partial charge in [0, 0.05) is 28.4 Å². The van der Waals surface area contributed by atoms with Gasteiger partial charge in [-0.25, -0.2) is 0 Å². The molecule has 0 saturated heterocycles. The molecule has 0 radical (unpaired) electrons. The van der Waals surface area contributed by atoms with Gasteiger partial charge in [-0.15, -0.1) is 0 Å². The Hall–Kier alpha value is -3.06. The molecule has 3 rings (SSSR count). The molecule has 0 aliphatic heterocycles. The van der Waals surface area contributed by atoms with E-state index in [1.54, 1.807) is 6.08 Å². The minimum Gasteiger partial charge on any atom is -0.336 e. The molecule has 1 heteroatoms. The van der Waals surface area contributed by atoms with E-state index in [9.17, 15) is 0 Å². The zero-order chi connectivity index (χ0) is 18.5. The Morgan fingerprint density at radius 1 is 0.885 bits per heavy atom. The Morgan fingerprint density at radius 2 is 1.46 bits per heavy atom. The summed E-state index contributed by atoms with van der Waals surface area (Å²) in [6.07, 6.45) is 8.94. The van der Waals surface area contributed by atoms with Gasteiger partial charge in [-0.1, -0.05) is 91.6 Å². The maximum atomic E-state index is 4.12. The Morgan fingerprint density at radius 3 is 2.00 bits per heavy atom.